The highest BCUT2D eigenvalue weighted by Crippen LogP contribution is 2.37. The number of aromatic nitrogens is 4. The third-order valence-corrected chi connectivity index (χ3v) is 5.94. The molecule has 3 rings (SSSR count). The molecule has 0 radical (unpaired) electrons. The van der Waals surface area contributed by atoms with Crippen LogP contribution in [0.15, 0.2) is 17.2 Å². The molecular formula is C17H20F3N5O3S. The summed E-state index contributed by atoms with van der Waals surface area (Å²) in [4.78, 5) is 13.2. The first-order valence-corrected chi connectivity index (χ1v) is 10.9. The minimum absolute atomic E-state index is 0.0411. The summed E-state index contributed by atoms with van der Waals surface area (Å²) in [5, 5.41) is 10.6. The van der Waals surface area contributed by atoms with E-state index in [2.05, 4.69) is 15.3 Å². The molecule has 0 amide bonds. The summed E-state index contributed by atoms with van der Waals surface area (Å²) in [6.07, 6.45) is 0.724. The molecule has 2 aromatic rings. The van der Waals surface area contributed by atoms with Gasteiger partial charge in [-0.3, -0.25) is 4.79 Å². The van der Waals surface area contributed by atoms with Crippen LogP contribution in [0.25, 0.3) is 5.82 Å². The van der Waals surface area contributed by atoms with Gasteiger partial charge in [-0.05, 0) is 25.0 Å². The van der Waals surface area contributed by atoms with Crippen LogP contribution >= 0.6 is 0 Å². The van der Waals surface area contributed by atoms with Gasteiger partial charge in [0.1, 0.15) is 5.82 Å². The summed E-state index contributed by atoms with van der Waals surface area (Å²) in [5.41, 5.74) is -1.90. The Kier molecular flexibility index (Phi) is 5.65. The van der Waals surface area contributed by atoms with E-state index < -0.39 is 27.3 Å². The third-order valence-electron chi connectivity index (χ3n) is 4.96. The average molecular weight is 431 g/mol. The van der Waals surface area contributed by atoms with Crippen molar-refractivity contribution in [1.29, 1.82) is 0 Å². The molecule has 0 N–H and O–H groups in total. The van der Waals surface area contributed by atoms with Crippen molar-refractivity contribution >= 4 is 21.9 Å². The topological polar surface area (TPSA) is 98.1 Å². The molecule has 2 heterocycles. The number of halogens is 3. The van der Waals surface area contributed by atoms with E-state index in [1.807, 2.05) is 0 Å². The van der Waals surface area contributed by atoms with Gasteiger partial charge in [-0.2, -0.15) is 23.0 Å². The molecule has 0 aliphatic heterocycles. The van der Waals surface area contributed by atoms with Crippen molar-refractivity contribution in [2.24, 2.45) is 0 Å². The lowest BCUT2D eigenvalue weighted by Crippen LogP contribution is -2.35. The van der Waals surface area contributed by atoms with Gasteiger partial charge >= 0.3 is 6.18 Å². The van der Waals surface area contributed by atoms with Crippen molar-refractivity contribution in [2.75, 3.05) is 18.2 Å². The molecular weight excluding hydrogens is 411 g/mol. The number of nitrogens with zero attached hydrogens (tertiary/aromatic N) is 5. The number of rotatable bonds is 5. The van der Waals surface area contributed by atoms with Crippen LogP contribution in [-0.2, 0) is 16.0 Å². The summed E-state index contributed by atoms with van der Waals surface area (Å²) in [5.74, 6) is -0.158. The highest BCUT2D eigenvalue weighted by molar-refractivity contribution is 7.90. The molecule has 1 aliphatic carbocycles. The van der Waals surface area contributed by atoms with Crippen molar-refractivity contribution in [2.45, 2.75) is 49.3 Å². The van der Waals surface area contributed by atoms with Crippen molar-refractivity contribution < 1.29 is 26.4 Å². The molecule has 1 saturated carbocycles. The second-order valence-electron chi connectivity index (χ2n) is 7.02. The maximum Gasteiger partial charge on any atom is 0.435 e. The zero-order chi connectivity index (χ0) is 21.4. The highest BCUT2D eigenvalue weighted by Gasteiger charge is 2.41. The predicted octanol–water partition coefficient (Wildman–Crippen LogP) is 2.67. The Labute approximate surface area is 165 Å². The fraction of sp³-hybridized carbons (Fsp3) is 0.529. The largest absolute Gasteiger partial charge is 0.435 e. The van der Waals surface area contributed by atoms with Crippen LogP contribution < -0.4 is 4.90 Å². The molecule has 1 fully saturated rings. The van der Waals surface area contributed by atoms with Gasteiger partial charge < -0.3 is 4.90 Å². The van der Waals surface area contributed by atoms with E-state index in [4.69, 9.17) is 0 Å². The zero-order valence-electron chi connectivity index (χ0n) is 15.8. The SMILES string of the molecule is CN(c1c(C=O)c(C(F)(F)F)nn1-c1ccc(S(C)(=O)=O)nn1)C1CCCCC1. The normalized spacial score (nSPS) is 16.0. The van der Waals surface area contributed by atoms with Gasteiger partial charge in [-0.1, -0.05) is 19.3 Å². The number of hydrogen-bond donors (Lipinski definition) is 0. The highest BCUT2D eigenvalue weighted by atomic mass is 32.2. The fourth-order valence-electron chi connectivity index (χ4n) is 3.50. The molecule has 0 aromatic carbocycles. The lowest BCUT2D eigenvalue weighted by atomic mass is 9.94. The first-order chi connectivity index (χ1) is 13.5. The lowest BCUT2D eigenvalue weighted by molar-refractivity contribution is -0.141. The molecule has 2 aromatic heterocycles. The van der Waals surface area contributed by atoms with Gasteiger partial charge in [0.25, 0.3) is 0 Å². The molecule has 29 heavy (non-hydrogen) atoms. The second-order valence-corrected chi connectivity index (χ2v) is 8.98. The first-order valence-electron chi connectivity index (χ1n) is 8.96. The van der Waals surface area contributed by atoms with Crippen LogP contribution in [0.1, 0.15) is 48.2 Å². The van der Waals surface area contributed by atoms with Gasteiger partial charge in [-0.25, -0.2) is 8.42 Å². The number of aldehydes is 1. The van der Waals surface area contributed by atoms with Gasteiger partial charge in [0.15, 0.2) is 32.7 Å². The van der Waals surface area contributed by atoms with Gasteiger partial charge in [0.2, 0.25) is 0 Å². The van der Waals surface area contributed by atoms with E-state index in [0.717, 1.165) is 49.1 Å². The molecule has 0 atom stereocenters. The summed E-state index contributed by atoms with van der Waals surface area (Å²) in [6.45, 7) is 0. The smallest absolute Gasteiger partial charge is 0.356 e. The minimum atomic E-state index is -4.84. The molecule has 8 nitrogen and oxygen atoms in total. The quantitative estimate of drug-likeness (QED) is 0.671. The van der Waals surface area contributed by atoms with Crippen LogP contribution in [-0.4, -0.2) is 54.0 Å². The van der Waals surface area contributed by atoms with E-state index >= 15 is 0 Å². The molecule has 0 unspecified atom stereocenters. The second kappa shape index (κ2) is 7.73. The Morgan fingerprint density at radius 3 is 2.31 bits per heavy atom. The fourth-order valence-corrected chi connectivity index (χ4v) is 4.01. The molecule has 158 valence electrons. The number of carbonyl (C=O) groups is 1. The average Bonchev–Trinajstić information content (AvgIpc) is 3.07. The van der Waals surface area contributed by atoms with E-state index in [0.29, 0.717) is 0 Å². The number of carbonyl (C=O) groups excluding carboxylic acids is 1. The Morgan fingerprint density at radius 1 is 1.17 bits per heavy atom. The molecule has 0 saturated heterocycles. The molecule has 12 heteroatoms. The van der Waals surface area contributed by atoms with Crippen molar-refractivity contribution in [3.05, 3.63) is 23.4 Å². The van der Waals surface area contributed by atoms with E-state index in [9.17, 15) is 26.4 Å². The third kappa shape index (κ3) is 4.26. The minimum Gasteiger partial charge on any atom is -0.356 e. The summed E-state index contributed by atoms with van der Waals surface area (Å²) < 4.78 is 64.5. The van der Waals surface area contributed by atoms with Gasteiger partial charge in [-0.15, -0.1) is 10.2 Å². The van der Waals surface area contributed by atoms with E-state index in [-0.39, 0.29) is 29.0 Å². The van der Waals surface area contributed by atoms with Crippen molar-refractivity contribution in [3.8, 4) is 5.82 Å². The number of sulfone groups is 1. The van der Waals surface area contributed by atoms with Crippen LogP contribution in [0.5, 0.6) is 0 Å². The number of alkyl halides is 3. The first kappa shape index (κ1) is 21.2. The summed E-state index contributed by atoms with van der Waals surface area (Å²) in [7, 11) is -2.01. The standard InChI is InChI=1S/C17H20F3N5O3S/c1-24(11-6-4-3-5-7-11)16-12(10-26)15(17(18,19)20)23-25(16)13-8-9-14(22-21-13)29(2,27)28/h8-11H,3-7H2,1-2H3. The molecule has 0 spiro atoms. The van der Waals surface area contributed by atoms with Crippen molar-refractivity contribution in [3.63, 3.8) is 0 Å². The maximum atomic E-state index is 13.5. The summed E-state index contributed by atoms with van der Waals surface area (Å²) >= 11 is 0. The van der Waals surface area contributed by atoms with E-state index in [1.165, 1.54) is 6.07 Å². The lowest BCUT2D eigenvalue weighted by Gasteiger charge is -2.33. The molecule has 1 aliphatic rings. The maximum absolute atomic E-state index is 13.5. The Morgan fingerprint density at radius 2 is 1.83 bits per heavy atom. The van der Waals surface area contributed by atoms with Crippen LogP contribution in [0.3, 0.4) is 0 Å². The van der Waals surface area contributed by atoms with Gasteiger partial charge in [0.05, 0.1) is 5.56 Å². The Balaban J connectivity index is 2.17. The molecule has 0 bridgehead atoms. The Bertz CT molecular complexity index is 997. The zero-order valence-corrected chi connectivity index (χ0v) is 16.7. The number of anilines is 1. The summed E-state index contributed by atoms with van der Waals surface area (Å²) in [6, 6.07) is 2.29. The van der Waals surface area contributed by atoms with Crippen LogP contribution in [0, 0.1) is 0 Å². The van der Waals surface area contributed by atoms with Crippen LogP contribution in [0.2, 0.25) is 0 Å². The van der Waals surface area contributed by atoms with Crippen LogP contribution in [0.4, 0.5) is 19.0 Å². The monoisotopic (exact) mass is 431 g/mol. The number of hydrogen-bond acceptors (Lipinski definition) is 7. The Hall–Kier alpha value is -2.50. The van der Waals surface area contributed by atoms with E-state index in [1.54, 1.807) is 11.9 Å². The van der Waals surface area contributed by atoms with Gasteiger partial charge in [0, 0.05) is 19.3 Å². The van der Waals surface area contributed by atoms with Crippen molar-refractivity contribution in [1.82, 2.24) is 20.0 Å². The predicted molar refractivity (Wildman–Crippen MR) is 97.9 cm³/mol.